The second kappa shape index (κ2) is 8.15. The number of hydrogen-bond donors (Lipinski definition) is 0. The summed E-state index contributed by atoms with van der Waals surface area (Å²) in [7, 11) is 0. The maximum absolute atomic E-state index is 2.33. The second-order valence-corrected chi connectivity index (χ2v) is 4.35. The van der Waals surface area contributed by atoms with Crippen LogP contribution in [0.3, 0.4) is 0 Å². The van der Waals surface area contributed by atoms with Crippen molar-refractivity contribution >= 4 is 0 Å². The van der Waals surface area contributed by atoms with E-state index in [0.29, 0.717) is 0 Å². The van der Waals surface area contributed by atoms with Crippen molar-refractivity contribution in [3.8, 4) is 0 Å². The molecule has 0 bridgehead atoms. The Morgan fingerprint density at radius 2 is 1.75 bits per heavy atom. The fourth-order valence-corrected chi connectivity index (χ4v) is 2.13. The molecule has 0 amide bonds. The quantitative estimate of drug-likeness (QED) is 0.541. The van der Waals surface area contributed by atoms with Crippen LogP contribution in [-0.2, 0) is 0 Å². The molecular formula is C16H24. The number of allylic oxidation sites excluding steroid dienone is 2. The molecule has 1 unspecified atom stereocenters. The smallest absolute Gasteiger partial charge is 0.0159 e. The van der Waals surface area contributed by atoms with Gasteiger partial charge >= 0.3 is 0 Å². The van der Waals surface area contributed by atoms with E-state index in [4.69, 9.17) is 0 Å². The van der Waals surface area contributed by atoms with Gasteiger partial charge in [-0.25, -0.2) is 0 Å². The van der Waals surface area contributed by atoms with Gasteiger partial charge in [-0.2, -0.15) is 0 Å². The van der Waals surface area contributed by atoms with Gasteiger partial charge in [-0.05, 0) is 37.2 Å². The number of hydrogen-bond acceptors (Lipinski definition) is 0. The first kappa shape index (κ1) is 13.0. The lowest BCUT2D eigenvalue weighted by molar-refractivity contribution is 0.574. The molecule has 0 fully saturated rings. The van der Waals surface area contributed by atoms with Crippen LogP contribution >= 0.6 is 0 Å². The van der Waals surface area contributed by atoms with Crippen molar-refractivity contribution in [3.05, 3.63) is 48.0 Å². The summed E-state index contributed by atoms with van der Waals surface area (Å²) in [6.45, 7) is 4.47. The third-order valence-corrected chi connectivity index (χ3v) is 2.99. The van der Waals surface area contributed by atoms with Crippen LogP contribution in [-0.4, -0.2) is 0 Å². The third-order valence-electron chi connectivity index (χ3n) is 2.99. The lowest BCUT2D eigenvalue weighted by Gasteiger charge is -2.15. The third kappa shape index (κ3) is 4.65. The largest absolute Gasteiger partial charge is 0.0888 e. The van der Waals surface area contributed by atoms with Gasteiger partial charge in [0.15, 0.2) is 0 Å². The highest BCUT2D eigenvalue weighted by molar-refractivity contribution is 5.19. The Morgan fingerprint density at radius 1 is 1.00 bits per heavy atom. The van der Waals surface area contributed by atoms with Crippen molar-refractivity contribution in [3.63, 3.8) is 0 Å². The van der Waals surface area contributed by atoms with E-state index in [1.54, 1.807) is 0 Å². The molecule has 0 heterocycles. The van der Waals surface area contributed by atoms with E-state index in [-0.39, 0.29) is 0 Å². The molecule has 0 spiro atoms. The van der Waals surface area contributed by atoms with Gasteiger partial charge in [0.05, 0.1) is 0 Å². The molecule has 0 heteroatoms. The molecule has 0 aliphatic heterocycles. The van der Waals surface area contributed by atoms with Crippen LogP contribution in [0.5, 0.6) is 0 Å². The van der Waals surface area contributed by atoms with Crippen LogP contribution in [0.2, 0.25) is 0 Å². The molecule has 0 aromatic heterocycles. The van der Waals surface area contributed by atoms with Crippen molar-refractivity contribution in [2.24, 2.45) is 0 Å². The Balaban J connectivity index is 2.51. The Bertz CT molecular complexity index is 284. The van der Waals surface area contributed by atoms with E-state index < -0.39 is 0 Å². The first-order chi connectivity index (χ1) is 7.88. The Labute approximate surface area is 100 Å². The highest BCUT2D eigenvalue weighted by Gasteiger charge is 2.08. The predicted octanol–water partition coefficient (Wildman–Crippen LogP) is 5.32. The number of benzene rings is 1. The first-order valence-corrected chi connectivity index (χ1v) is 6.58. The lowest BCUT2D eigenvalue weighted by atomic mass is 9.90. The monoisotopic (exact) mass is 216 g/mol. The van der Waals surface area contributed by atoms with Gasteiger partial charge in [-0.3, -0.25) is 0 Å². The summed E-state index contributed by atoms with van der Waals surface area (Å²) in [5.74, 6) is 0.743. The standard InChI is InChI=1S/C16H24/c1-3-5-6-8-12-15(11-4-2)16-13-9-7-10-14-16/h5-7,9-10,13-15H,3-4,8,11-12H2,1-2H3/b6-5+. The first-order valence-electron chi connectivity index (χ1n) is 6.58. The topological polar surface area (TPSA) is 0 Å². The maximum Gasteiger partial charge on any atom is -0.0159 e. The van der Waals surface area contributed by atoms with Crippen molar-refractivity contribution in [2.45, 2.75) is 51.9 Å². The van der Waals surface area contributed by atoms with Crippen molar-refractivity contribution in [1.29, 1.82) is 0 Å². The van der Waals surface area contributed by atoms with E-state index >= 15 is 0 Å². The van der Waals surface area contributed by atoms with Crippen LogP contribution in [0.25, 0.3) is 0 Å². The Morgan fingerprint density at radius 3 is 2.38 bits per heavy atom. The zero-order valence-corrected chi connectivity index (χ0v) is 10.7. The van der Waals surface area contributed by atoms with Gasteiger partial charge in [0.1, 0.15) is 0 Å². The summed E-state index contributed by atoms with van der Waals surface area (Å²) in [6, 6.07) is 10.9. The van der Waals surface area contributed by atoms with Crippen LogP contribution < -0.4 is 0 Å². The van der Waals surface area contributed by atoms with Gasteiger partial charge in [0, 0.05) is 0 Å². The number of rotatable bonds is 7. The molecule has 0 nitrogen and oxygen atoms in total. The molecule has 0 aliphatic rings. The molecule has 0 saturated heterocycles. The van der Waals surface area contributed by atoms with E-state index in [1.807, 2.05) is 0 Å². The SMILES string of the molecule is CC/C=C/CCC(CCC)c1ccccc1. The summed E-state index contributed by atoms with van der Waals surface area (Å²) in [4.78, 5) is 0. The summed E-state index contributed by atoms with van der Waals surface area (Å²) in [5, 5.41) is 0. The highest BCUT2D eigenvalue weighted by atomic mass is 14.1. The summed E-state index contributed by atoms with van der Waals surface area (Å²) >= 11 is 0. The molecule has 0 radical (unpaired) electrons. The van der Waals surface area contributed by atoms with Gasteiger partial charge in [-0.1, -0.05) is 62.8 Å². The van der Waals surface area contributed by atoms with Crippen molar-refractivity contribution < 1.29 is 0 Å². The molecule has 1 atom stereocenters. The van der Waals surface area contributed by atoms with E-state index in [2.05, 4.69) is 56.3 Å². The molecule has 1 aromatic rings. The zero-order chi connectivity index (χ0) is 11.6. The van der Waals surface area contributed by atoms with Gasteiger partial charge < -0.3 is 0 Å². The lowest BCUT2D eigenvalue weighted by Crippen LogP contribution is -1.97. The van der Waals surface area contributed by atoms with Crippen LogP contribution in [0.1, 0.15) is 57.4 Å². The Kier molecular flexibility index (Phi) is 6.64. The zero-order valence-electron chi connectivity index (χ0n) is 10.7. The summed E-state index contributed by atoms with van der Waals surface area (Å²) in [5.41, 5.74) is 1.51. The van der Waals surface area contributed by atoms with E-state index in [0.717, 1.165) is 12.3 Å². The highest BCUT2D eigenvalue weighted by Crippen LogP contribution is 2.26. The van der Waals surface area contributed by atoms with Crippen molar-refractivity contribution in [1.82, 2.24) is 0 Å². The molecule has 0 aliphatic carbocycles. The molecule has 1 rings (SSSR count). The van der Waals surface area contributed by atoms with Crippen LogP contribution in [0, 0.1) is 0 Å². The minimum Gasteiger partial charge on any atom is -0.0888 e. The van der Waals surface area contributed by atoms with E-state index in [1.165, 1.54) is 31.2 Å². The summed E-state index contributed by atoms with van der Waals surface area (Å²) in [6.07, 6.45) is 10.8. The fourth-order valence-electron chi connectivity index (χ4n) is 2.13. The van der Waals surface area contributed by atoms with Gasteiger partial charge in [-0.15, -0.1) is 0 Å². The summed E-state index contributed by atoms with van der Waals surface area (Å²) < 4.78 is 0. The minimum atomic E-state index is 0.743. The van der Waals surface area contributed by atoms with Crippen LogP contribution in [0.4, 0.5) is 0 Å². The second-order valence-electron chi connectivity index (χ2n) is 4.35. The molecule has 0 saturated carbocycles. The fraction of sp³-hybridized carbons (Fsp3) is 0.500. The molecule has 16 heavy (non-hydrogen) atoms. The molecular weight excluding hydrogens is 192 g/mol. The maximum atomic E-state index is 2.33. The molecule has 1 aromatic carbocycles. The normalized spacial score (nSPS) is 13.1. The average molecular weight is 216 g/mol. The average Bonchev–Trinajstić information content (AvgIpc) is 2.34. The predicted molar refractivity (Wildman–Crippen MR) is 72.8 cm³/mol. The Hall–Kier alpha value is -1.04. The van der Waals surface area contributed by atoms with E-state index in [9.17, 15) is 0 Å². The minimum absolute atomic E-state index is 0.743. The molecule has 88 valence electrons. The van der Waals surface area contributed by atoms with Gasteiger partial charge in [0.2, 0.25) is 0 Å². The van der Waals surface area contributed by atoms with Crippen molar-refractivity contribution in [2.75, 3.05) is 0 Å². The van der Waals surface area contributed by atoms with Gasteiger partial charge in [0.25, 0.3) is 0 Å². The van der Waals surface area contributed by atoms with Crippen LogP contribution in [0.15, 0.2) is 42.5 Å². The molecule has 0 N–H and O–H groups in total.